The molecule has 0 fully saturated rings. The van der Waals surface area contributed by atoms with E-state index in [1.165, 1.54) is 0 Å². The molecule has 0 spiro atoms. The molecule has 2 N–H and O–H groups in total. The first-order chi connectivity index (χ1) is 8.47. The van der Waals surface area contributed by atoms with Crippen LogP contribution in [0.25, 0.3) is 0 Å². The number of aryl methyl sites for hydroxylation is 2. The first kappa shape index (κ1) is 12.8. The summed E-state index contributed by atoms with van der Waals surface area (Å²) in [6, 6.07) is 5.81. The predicted octanol–water partition coefficient (Wildman–Crippen LogP) is 3.54. The van der Waals surface area contributed by atoms with Crippen molar-refractivity contribution in [2.75, 3.05) is 5.73 Å². The van der Waals surface area contributed by atoms with Crippen molar-refractivity contribution in [1.29, 1.82) is 0 Å². The Morgan fingerprint density at radius 2 is 1.89 bits per heavy atom. The molecule has 2 rings (SSSR count). The van der Waals surface area contributed by atoms with E-state index in [-0.39, 0.29) is 0 Å². The van der Waals surface area contributed by atoms with Gasteiger partial charge >= 0.3 is 0 Å². The monoisotopic (exact) mass is 307 g/mol. The molecule has 94 valence electrons. The van der Waals surface area contributed by atoms with Crippen LogP contribution in [0.1, 0.15) is 17.0 Å². The van der Waals surface area contributed by atoms with Crippen LogP contribution in [0.4, 0.5) is 5.82 Å². The fourth-order valence-electron chi connectivity index (χ4n) is 1.55. The Morgan fingerprint density at radius 1 is 1.17 bits per heavy atom. The molecule has 1 heterocycles. The van der Waals surface area contributed by atoms with E-state index >= 15 is 0 Å². The number of anilines is 1. The van der Waals surface area contributed by atoms with Crippen molar-refractivity contribution in [3.63, 3.8) is 0 Å². The number of ether oxygens (including phenoxy) is 1. The van der Waals surface area contributed by atoms with E-state index in [0.717, 1.165) is 21.3 Å². The van der Waals surface area contributed by atoms with E-state index in [2.05, 4.69) is 25.9 Å². The number of hydrogen-bond donors (Lipinski definition) is 1. The summed E-state index contributed by atoms with van der Waals surface area (Å²) >= 11 is 3.42. The highest BCUT2D eigenvalue weighted by atomic mass is 79.9. The summed E-state index contributed by atoms with van der Waals surface area (Å²) in [5.41, 5.74) is 7.58. The van der Waals surface area contributed by atoms with Gasteiger partial charge in [-0.1, -0.05) is 15.9 Å². The molecule has 0 saturated heterocycles. The highest BCUT2D eigenvalue weighted by molar-refractivity contribution is 9.10. The molecule has 1 aromatic carbocycles. The lowest BCUT2D eigenvalue weighted by molar-refractivity contribution is 0.453. The lowest BCUT2D eigenvalue weighted by atomic mass is 10.2. The van der Waals surface area contributed by atoms with Crippen LogP contribution in [0.5, 0.6) is 11.6 Å². The molecule has 1 aromatic heterocycles. The van der Waals surface area contributed by atoms with E-state index in [1.54, 1.807) is 6.92 Å². The van der Waals surface area contributed by atoms with Crippen molar-refractivity contribution < 1.29 is 4.74 Å². The summed E-state index contributed by atoms with van der Waals surface area (Å²) in [5.74, 6) is 2.32. The Balaban J connectivity index is 2.40. The highest BCUT2D eigenvalue weighted by Gasteiger charge is 2.10. The maximum Gasteiger partial charge on any atom is 0.227 e. The van der Waals surface area contributed by atoms with Crippen LogP contribution in [0, 0.1) is 20.8 Å². The SMILES string of the molecule is Cc1nc(N)c(C)c(Oc2ccc(Br)cc2C)n1. The van der Waals surface area contributed by atoms with Crippen LogP contribution in [0.15, 0.2) is 22.7 Å². The largest absolute Gasteiger partial charge is 0.438 e. The average Bonchev–Trinajstić information content (AvgIpc) is 2.29. The van der Waals surface area contributed by atoms with Crippen LogP contribution < -0.4 is 10.5 Å². The second-order valence-electron chi connectivity index (χ2n) is 4.10. The Labute approximate surface area is 114 Å². The van der Waals surface area contributed by atoms with Crippen molar-refractivity contribution >= 4 is 21.7 Å². The standard InChI is InChI=1S/C13H14BrN3O/c1-7-6-10(14)4-5-11(7)18-13-8(2)12(15)16-9(3)17-13/h4-6H,1-3H3,(H2,15,16,17). The zero-order chi connectivity index (χ0) is 13.3. The molecule has 0 saturated carbocycles. The predicted molar refractivity (Wildman–Crippen MR) is 74.9 cm³/mol. The quantitative estimate of drug-likeness (QED) is 0.922. The van der Waals surface area contributed by atoms with E-state index in [9.17, 15) is 0 Å². The summed E-state index contributed by atoms with van der Waals surface area (Å²) in [6.07, 6.45) is 0. The molecule has 18 heavy (non-hydrogen) atoms. The zero-order valence-electron chi connectivity index (χ0n) is 10.5. The van der Waals surface area contributed by atoms with Gasteiger partial charge in [0.1, 0.15) is 17.4 Å². The summed E-state index contributed by atoms with van der Waals surface area (Å²) < 4.78 is 6.82. The molecule has 2 aromatic rings. The Hall–Kier alpha value is -1.62. The van der Waals surface area contributed by atoms with Crippen molar-refractivity contribution in [3.05, 3.63) is 39.6 Å². The molecular weight excluding hydrogens is 294 g/mol. The third-order valence-electron chi connectivity index (χ3n) is 2.59. The molecule has 0 atom stereocenters. The summed E-state index contributed by atoms with van der Waals surface area (Å²) in [7, 11) is 0. The van der Waals surface area contributed by atoms with Gasteiger partial charge in [-0.25, -0.2) is 4.98 Å². The second-order valence-corrected chi connectivity index (χ2v) is 5.01. The Morgan fingerprint density at radius 3 is 2.56 bits per heavy atom. The first-order valence-corrected chi connectivity index (χ1v) is 6.31. The second kappa shape index (κ2) is 4.94. The minimum atomic E-state index is 0.451. The molecule has 4 nitrogen and oxygen atoms in total. The normalized spacial score (nSPS) is 10.4. The minimum Gasteiger partial charge on any atom is -0.438 e. The molecule has 0 amide bonds. The Kier molecular flexibility index (Phi) is 3.52. The van der Waals surface area contributed by atoms with Crippen molar-refractivity contribution in [1.82, 2.24) is 9.97 Å². The van der Waals surface area contributed by atoms with Gasteiger partial charge in [-0.05, 0) is 44.5 Å². The van der Waals surface area contributed by atoms with Gasteiger partial charge in [0.2, 0.25) is 5.88 Å². The average molecular weight is 308 g/mol. The molecular formula is C13H14BrN3O. The number of nitrogen functional groups attached to an aromatic ring is 1. The third-order valence-corrected chi connectivity index (χ3v) is 3.09. The van der Waals surface area contributed by atoms with Crippen LogP contribution in [0.2, 0.25) is 0 Å². The van der Waals surface area contributed by atoms with Crippen molar-refractivity contribution in [3.8, 4) is 11.6 Å². The van der Waals surface area contributed by atoms with Crippen molar-refractivity contribution in [2.45, 2.75) is 20.8 Å². The molecule has 0 unspecified atom stereocenters. The molecule has 5 heteroatoms. The van der Waals surface area contributed by atoms with Crippen LogP contribution in [-0.2, 0) is 0 Å². The van der Waals surface area contributed by atoms with Crippen molar-refractivity contribution in [2.24, 2.45) is 0 Å². The molecule has 0 bridgehead atoms. The Bertz CT molecular complexity index is 599. The number of nitrogens with two attached hydrogens (primary N) is 1. The highest BCUT2D eigenvalue weighted by Crippen LogP contribution is 2.29. The van der Waals surface area contributed by atoms with Gasteiger partial charge in [0.25, 0.3) is 0 Å². The van der Waals surface area contributed by atoms with Crippen LogP contribution >= 0.6 is 15.9 Å². The van der Waals surface area contributed by atoms with Crippen LogP contribution in [0.3, 0.4) is 0 Å². The third kappa shape index (κ3) is 2.61. The van der Waals surface area contributed by atoms with Gasteiger partial charge in [-0.2, -0.15) is 4.98 Å². The fraction of sp³-hybridized carbons (Fsp3) is 0.231. The minimum absolute atomic E-state index is 0.451. The lowest BCUT2D eigenvalue weighted by Crippen LogP contribution is -2.02. The molecule has 0 aliphatic heterocycles. The topological polar surface area (TPSA) is 61.0 Å². The van der Waals surface area contributed by atoms with E-state index < -0.39 is 0 Å². The number of nitrogens with zero attached hydrogens (tertiary/aromatic N) is 2. The number of hydrogen-bond acceptors (Lipinski definition) is 4. The van der Waals surface area contributed by atoms with Gasteiger partial charge in [-0.3, -0.25) is 0 Å². The number of halogens is 1. The van der Waals surface area contributed by atoms with Crippen LogP contribution in [-0.4, -0.2) is 9.97 Å². The smallest absolute Gasteiger partial charge is 0.227 e. The molecule has 0 radical (unpaired) electrons. The van der Waals surface area contributed by atoms with E-state index in [1.807, 2.05) is 32.0 Å². The zero-order valence-corrected chi connectivity index (χ0v) is 12.1. The van der Waals surface area contributed by atoms with Gasteiger partial charge in [0, 0.05) is 4.47 Å². The van der Waals surface area contributed by atoms with Gasteiger partial charge in [-0.15, -0.1) is 0 Å². The fourth-order valence-corrected chi connectivity index (χ4v) is 2.03. The summed E-state index contributed by atoms with van der Waals surface area (Å²) in [6.45, 7) is 5.61. The number of benzene rings is 1. The van der Waals surface area contributed by atoms with Gasteiger partial charge < -0.3 is 10.5 Å². The molecule has 0 aliphatic rings. The van der Waals surface area contributed by atoms with E-state index in [4.69, 9.17) is 10.5 Å². The molecule has 0 aliphatic carbocycles. The lowest BCUT2D eigenvalue weighted by Gasteiger charge is -2.11. The first-order valence-electron chi connectivity index (χ1n) is 5.52. The van der Waals surface area contributed by atoms with E-state index in [0.29, 0.717) is 17.5 Å². The summed E-state index contributed by atoms with van der Waals surface area (Å²) in [5, 5.41) is 0. The maximum absolute atomic E-state index is 5.80. The van der Waals surface area contributed by atoms with Gasteiger partial charge in [0.05, 0.1) is 5.56 Å². The van der Waals surface area contributed by atoms with Gasteiger partial charge in [0.15, 0.2) is 0 Å². The maximum atomic E-state index is 5.80. The summed E-state index contributed by atoms with van der Waals surface area (Å²) in [4.78, 5) is 8.36. The number of rotatable bonds is 2. The number of aromatic nitrogens is 2.